The maximum Gasteiger partial charge on any atom is 0.165 e. The van der Waals surface area contributed by atoms with Crippen molar-refractivity contribution in [2.45, 2.75) is 19.3 Å². The van der Waals surface area contributed by atoms with Crippen LogP contribution >= 0.6 is 11.6 Å². The van der Waals surface area contributed by atoms with Gasteiger partial charge in [-0.1, -0.05) is 6.07 Å². The predicted molar refractivity (Wildman–Crippen MR) is 68.7 cm³/mol. The zero-order chi connectivity index (χ0) is 13.0. The predicted octanol–water partition coefficient (Wildman–Crippen LogP) is 3.31. The van der Waals surface area contributed by atoms with E-state index < -0.39 is 0 Å². The molecule has 0 atom stereocenters. The summed E-state index contributed by atoms with van der Waals surface area (Å²) < 4.78 is 7.39. The highest BCUT2D eigenvalue weighted by Crippen LogP contribution is 2.26. The molecular formula is C13H12ClN3O. The Balaban J connectivity index is 2.26. The van der Waals surface area contributed by atoms with Crippen LogP contribution in [0.2, 0.25) is 0 Å². The Labute approximate surface area is 110 Å². The second-order valence-corrected chi connectivity index (χ2v) is 3.98. The van der Waals surface area contributed by atoms with Crippen LogP contribution < -0.4 is 4.74 Å². The van der Waals surface area contributed by atoms with Crippen molar-refractivity contribution in [1.29, 1.82) is 5.26 Å². The normalized spacial score (nSPS) is 10.1. The Kier molecular flexibility index (Phi) is 3.85. The minimum absolute atomic E-state index is 0.378. The highest BCUT2D eigenvalue weighted by Gasteiger charge is 2.07. The van der Waals surface area contributed by atoms with E-state index in [2.05, 4.69) is 11.2 Å². The fourth-order valence-corrected chi connectivity index (χ4v) is 1.70. The summed E-state index contributed by atoms with van der Waals surface area (Å²) in [5.74, 6) is 1.51. The van der Waals surface area contributed by atoms with E-state index in [0.29, 0.717) is 22.9 Å². The topological polar surface area (TPSA) is 50.8 Å². The number of alkyl halides is 1. The van der Waals surface area contributed by atoms with Gasteiger partial charge in [-0.15, -0.1) is 11.6 Å². The average molecular weight is 262 g/mol. The van der Waals surface area contributed by atoms with Gasteiger partial charge in [0.1, 0.15) is 11.8 Å². The fourth-order valence-electron chi connectivity index (χ4n) is 1.53. The van der Waals surface area contributed by atoms with Gasteiger partial charge in [-0.2, -0.15) is 10.4 Å². The molecule has 2 aromatic rings. The first kappa shape index (κ1) is 12.5. The van der Waals surface area contributed by atoms with Gasteiger partial charge < -0.3 is 4.74 Å². The lowest BCUT2D eigenvalue weighted by molar-refractivity contribution is 0.479. The molecule has 0 N–H and O–H groups in total. The standard InChI is InChI=1S/C13H12ClN3O/c1-2-17-9-12(8-16-17)18-13-4-3-10(6-14)5-11(13)7-15/h3-5,8-9H,2,6H2,1H3. The lowest BCUT2D eigenvalue weighted by Gasteiger charge is -2.06. The third kappa shape index (κ3) is 2.63. The third-order valence-corrected chi connectivity index (χ3v) is 2.79. The van der Waals surface area contributed by atoms with Crippen molar-refractivity contribution in [1.82, 2.24) is 9.78 Å². The summed E-state index contributed by atoms with van der Waals surface area (Å²) in [6.45, 7) is 2.77. The summed E-state index contributed by atoms with van der Waals surface area (Å²) in [6, 6.07) is 7.42. The van der Waals surface area contributed by atoms with Gasteiger partial charge >= 0.3 is 0 Å². The van der Waals surface area contributed by atoms with Crippen molar-refractivity contribution in [3.05, 3.63) is 41.7 Å². The minimum Gasteiger partial charge on any atom is -0.453 e. The van der Waals surface area contributed by atoms with Crippen LogP contribution in [0.1, 0.15) is 18.1 Å². The van der Waals surface area contributed by atoms with E-state index >= 15 is 0 Å². The number of ether oxygens (including phenoxy) is 1. The second-order valence-electron chi connectivity index (χ2n) is 3.71. The van der Waals surface area contributed by atoms with Crippen LogP contribution in [-0.4, -0.2) is 9.78 Å². The van der Waals surface area contributed by atoms with Gasteiger partial charge in [0.05, 0.1) is 18.0 Å². The quantitative estimate of drug-likeness (QED) is 0.794. The van der Waals surface area contributed by atoms with Crippen LogP contribution in [0.25, 0.3) is 0 Å². The summed E-state index contributed by atoms with van der Waals surface area (Å²) in [4.78, 5) is 0. The van der Waals surface area contributed by atoms with Gasteiger partial charge in [-0.05, 0) is 24.6 Å². The molecule has 0 aliphatic carbocycles. The van der Waals surface area contributed by atoms with E-state index in [0.717, 1.165) is 12.1 Å². The van der Waals surface area contributed by atoms with E-state index in [1.807, 2.05) is 13.0 Å². The highest BCUT2D eigenvalue weighted by molar-refractivity contribution is 6.17. The SMILES string of the molecule is CCn1cc(Oc2ccc(CCl)cc2C#N)cn1. The van der Waals surface area contributed by atoms with Crippen molar-refractivity contribution in [3.63, 3.8) is 0 Å². The van der Waals surface area contributed by atoms with Crippen LogP contribution in [0, 0.1) is 11.3 Å². The summed E-state index contributed by atoms with van der Waals surface area (Å²) in [6.07, 6.45) is 3.41. The molecule has 2 rings (SSSR count). The molecule has 18 heavy (non-hydrogen) atoms. The summed E-state index contributed by atoms with van der Waals surface area (Å²) >= 11 is 5.73. The molecule has 1 heterocycles. The van der Waals surface area contributed by atoms with E-state index in [1.165, 1.54) is 0 Å². The lowest BCUT2D eigenvalue weighted by atomic mass is 10.1. The molecule has 0 fully saturated rings. The van der Waals surface area contributed by atoms with Gasteiger partial charge in [-0.3, -0.25) is 4.68 Å². The van der Waals surface area contributed by atoms with Crippen molar-refractivity contribution < 1.29 is 4.74 Å². The number of benzene rings is 1. The monoisotopic (exact) mass is 261 g/mol. The van der Waals surface area contributed by atoms with E-state index in [-0.39, 0.29) is 0 Å². The maximum absolute atomic E-state index is 9.07. The molecule has 92 valence electrons. The van der Waals surface area contributed by atoms with E-state index in [1.54, 1.807) is 29.2 Å². The molecule has 0 unspecified atom stereocenters. The number of nitriles is 1. The van der Waals surface area contributed by atoms with Gasteiger partial charge in [0.2, 0.25) is 0 Å². The smallest absolute Gasteiger partial charge is 0.165 e. The van der Waals surface area contributed by atoms with Crippen molar-refractivity contribution in [3.8, 4) is 17.6 Å². The highest BCUT2D eigenvalue weighted by atomic mass is 35.5. The molecule has 0 amide bonds. The Bertz CT molecular complexity index is 586. The second kappa shape index (κ2) is 5.56. The zero-order valence-corrected chi connectivity index (χ0v) is 10.7. The van der Waals surface area contributed by atoms with Crippen molar-refractivity contribution in [2.24, 2.45) is 0 Å². The number of nitrogens with zero attached hydrogens (tertiary/aromatic N) is 3. The Morgan fingerprint density at radius 2 is 2.33 bits per heavy atom. The number of halogens is 1. The molecule has 0 spiro atoms. The van der Waals surface area contributed by atoms with E-state index in [9.17, 15) is 0 Å². The number of aryl methyl sites for hydroxylation is 1. The molecule has 1 aromatic carbocycles. The van der Waals surface area contributed by atoms with Crippen molar-refractivity contribution >= 4 is 11.6 Å². The molecular weight excluding hydrogens is 250 g/mol. The Morgan fingerprint density at radius 3 is 2.94 bits per heavy atom. The molecule has 1 aromatic heterocycles. The lowest BCUT2D eigenvalue weighted by Crippen LogP contribution is -1.92. The molecule has 0 radical (unpaired) electrons. The van der Waals surface area contributed by atoms with E-state index in [4.69, 9.17) is 21.6 Å². The van der Waals surface area contributed by atoms with Crippen molar-refractivity contribution in [2.75, 3.05) is 0 Å². The van der Waals surface area contributed by atoms with Gasteiger partial charge in [0.25, 0.3) is 0 Å². The average Bonchev–Trinajstić information content (AvgIpc) is 2.87. The molecule has 5 heteroatoms. The van der Waals surface area contributed by atoms with Gasteiger partial charge in [0, 0.05) is 12.4 Å². The van der Waals surface area contributed by atoms with Crippen LogP contribution in [0.5, 0.6) is 11.5 Å². The maximum atomic E-state index is 9.07. The Morgan fingerprint density at radius 1 is 1.50 bits per heavy atom. The zero-order valence-electron chi connectivity index (χ0n) is 9.93. The summed E-state index contributed by atoms with van der Waals surface area (Å²) in [5, 5.41) is 13.2. The molecule has 0 aliphatic heterocycles. The molecule has 4 nitrogen and oxygen atoms in total. The van der Waals surface area contributed by atoms with Crippen LogP contribution in [0.4, 0.5) is 0 Å². The minimum atomic E-state index is 0.378. The van der Waals surface area contributed by atoms with Crippen LogP contribution in [0.15, 0.2) is 30.6 Å². The third-order valence-electron chi connectivity index (χ3n) is 2.48. The fraction of sp³-hybridized carbons (Fsp3) is 0.231. The van der Waals surface area contributed by atoms with Crippen LogP contribution in [0.3, 0.4) is 0 Å². The van der Waals surface area contributed by atoms with Gasteiger partial charge in [0.15, 0.2) is 5.75 Å². The molecule has 0 saturated carbocycles. The van der Waals surface area contributed by atoms with Crippen LogP contribution in [-0.2, 0) is 12.4 Å². The largest absolute Gasteiger partial charge is 0.453 e. The summed E-state index contributed by atoms with van der Waals surface area (Å²) in [7, 11) is 0. The molecule has 0 saturated heterocycles. The van der Waals surface area contributed by atoms with Gasteiger partial charge in [-0.25, -0.2) is 0 Å². The first-order valence-corrected chi connectivity index (χ1v) is 6.09. The molecule has 0 aliphatic rings. The Hall–Kier alpha value is -1.99. The molecule has 0 bridgehead atoms. The first-order valence-electron chi connectivity index (χ1n) is 5.56. The number of hydrogen-bond donors (Lipinski definition) is 0. The number of hydrogen-bond acceptors (Lipinski definition) is 3. The number of aromatic nitrogens is 2. The summed E-state index contributed by atoms with van der Waals surface area (Å²) in [5.41, 5.74) is 1.36. The first-order chi connectivity index (χ1) is 8.76. The number of rotatable bonds is 4.